The number of carbonyl (C=O) groups is 6. The first-order valence-corrected chi connectivity index (χ1v) is 8.86. The second kappa shape index (κ2) is 5.48. The number of fused-ring (bicyclic) bond motifs is 4. The molecule has 1 aromatic rings. The summed E-state index contributed by atoms with van der Waals surface area (Å²) in [5, 5.41) is 0. The molecule has 6 heteroatoms. The first kappa shape index (κ1) is 16.6. The van der Waals surface area contributed by atoms with E-state index >= 15 is 0 Å². The number of hydrogen-bond acceptors (Lipinski definition) is 6. The van der Waals surface area contributed by atoms with E-state index in [4.69, 9.17) is 0 Å². The number of hydrogen-bond donors (Lipinski definition) is 0. The predicted octanol–water partition coefficient (Wildman–Crippen LogP) is 0.783. The normalized spacial score (nSPS) is 28.6. The lowest BCUT2D eigenvalue weighted by molar-refractivity contribution is -0.153. The first-order valence-electron chi connectivity index (χ1n) is 8.86. The Hall–Kier alpha value is -3.54. The van der Waals surface area contributed by atoms with Crippen LogP contribution in [-0.4, -0.2) is 34.7 Å². The van der Waals surface area contributed by atoms with Crippen LogP contribution < -0.4 is 0 Å². The zero-order valence-corrected chi connectivity index (χ0v) is 14.4. The van der Waals surface area contributed by atoms with Gasteiger partial charge in [0.15, 0.2) is 11.6 Å². The van der Waals surface area contributed by atoms with Gasteiger partial charge in [-0.25, -0.2) is 0 Å². The maximum Gasteiger partial charge on any atom is 0.276 e. The summed E-state index contributed by atoms with van der Waals surface area (Å²) in [6, 6.07) is 7.62. The Balaban J connectivity index is 1.68. The van der Waals surface area contributed by atoms with E-state index in [0.717, 1.165) is 16.7 Å². The summed E-state index contributed by atoms with van der Waals surface area (Å²) >= 11 is 0. The minimum atomic E-state index is -1.65. The molecule has 136 valence electrons. The van der Waals surface area contributed by atoms with Crippen LogP contribution in [0.15, 0.2) is 53.1 Å². The van der Waals surface area contributed by atoms with E-state index in [0.29, 0.717) is 12.0 Å². The smallest absolute Gasteiger partial charge is 0.276 e. The van der Waals surface area contributed by atoms with Gasteiger partial charge in [0, 0.05) is 11.5 Å². The number of ketones is 6. The van der Waals surface area contributed by atoms with E-state index < -0.39 is 46.7 Å². The Morgan fingerprint density at radius 1 is 0.679 bits per heavy atom. The monoisotopic (exact) mass is 372 g/mol. The maximum atomic E-state index is 13.1. The lowest BCUT2D eigenvalue weighted by Crippen LogP contribution is -2.52. The summed E-state index contributed by atoms with van der Waals surface area (Å²) < 4.78 is 0. The second-order valence-corrected chi connectivity index (χ2v) is 7.37. The molecule has 4 aliphatic carbocycles. The second-order valence-electron chi connectivity index (χ2n) is 7.37. The van der Waals surface area contributed by atoms with Gasteiger partial charge >= 0.3 is 0 Å². The van der Waals surface area contributed by atoms with Gasteiger partial charge < -0.3 is 0 Å². The quantitative estimate of drug-likeness (QED) is 0.493. The molecule has 0 aliphatic heterocycles. The first-order chi connectivity index (χ1) is 13.4. The number of allylic oxidation sites excluding steroid dienone is 5. The highest BCUT2D eigenvalue weighted by Gasteiger charge is 2.55. The highest BCUT2D eigenvalue weighted by molar-refractivity contribution is 6.84. The predicted molar refractivity (Wildman–Crippen MR) is 94.8 cm³/mol. The SMILES string of the molecule is O=C1C(=O)C(=O)C2C(=O)C3C(=O)C4Cc5ccccc5C=C4C=C3C=C2C1=O. The molecule has 0 saturated heterocycles. The Morgan fingerprint density at radius 3 is 2.21 bits per heavy atom. The van der Waals surface area contributed by atoms with Gasteiger partial charge in [0.2, 0.25) is 11.6 Å². The molecule has 0 amide bonds. The molecule has 0 radical (unpaired) electrons. The molecule has 0 bridgehead atoms. The Kier molecular flexibility index (Phi) is 3.25. The number of Topliss-reactive ketones (excluding diaryl/α,β-unsaturated/α-hetero) is 6. The van der Waals surface area contributed by atoms with Crippen molar-refractivity contribution in [2.24, 2.45) is 17.8 Å². The van der Waals surface area contributed by atoms with Crippen molar-refractivity contribution >= 4 is 40.8 Å². The topological polar surface area (TPSA) is 102 Å². The van der Waals surface area contributed by atoms with E-state index in [2.05, 4.69) is 0 Å². The van der Waals surface area contributed by atoms with Gasteiger partial charge in [-0.3, -0.25) is 28.8 Å². The van der Waals surface area contributed by atoms with E-state index in [1.54, 1.807) is 6.08 Å². The third kappa shape index (κ3) is 2.03. The number of carbonyl (C=O) groups excluding carboxylic acids is 6. The summed E-state index contributed by atoms with van der Waals surface area (Å²) in [5.74, 6) is -9.76. The minimum Gasteiger partial charge on any atom is -0.298 e. The van der Waals surface area contributed by atoms with Gasteiger partial charge in [0.25, 0.3) is 11.6 Å². The zero-order chi connectivity index (χ0) is 19.7. The van der Waals surface area contributed by atoms with Gasteiger partial charge in [-0.1, -0.05) is 36.4 Å². The fraction of sp³-hybridized carbons (Fsp3) is 0.182. The Morgan fingerprint density at radius 2 is 1.43 bits per heavy atom. The maximum absolute atomic E-state index is 13.1. The van der Waals surface area contributed by atoms with Crippen LogP contribution in [0.4, 0.5) is 0 Å². The summed E-state index contributed by atoms with van der Waals surface area (Å²) in [5.41, 5.74) is 2.70. The molecule has 28 heavy (non-hydrogen) atoms. The van der Waals surface area contributed by atoms with Crippen molar-refractivity contribution in [1.82, 2.24) is 0 Å². The molecule has 1 fully saturated rings. The van der Waals surface area contributed by atoms with E-state index in [9.17, 15) is 28.8 Å². The summed E-state index contributed by atoms with van der Waals surface area (Å²) in [6.07, 6.45) is 5.28. The van der Waals surface area contributed by atoms with Crippen LogP contribution in [0.25, 0.3) is 6.08 Å². The molecule has 0 N–H and O–H groups in total. The standard InChI is InChI=1S/C22H12O6/c23-17-13-7-10-4-2-1-3-9(10)5-11(13)6-12-8-14-16(19(25)15(12)17)20(26)22(28)21(27)18(14)24/h1-6,8,13,15-16H,7H2. The molecular formula is C22H12O6. The van der Waals surface area contributed by atoms with Crippen LogP contribution in [-0.2, 0) is 35.2 Å². The Labute approximate surface area is 158 Å². The highest BCUT2D eigenvalue weighted by Crippen LogP contribution is 2.43. The van der Waals surface area contributed by atoms with E-state index in [-0.39, 0.29) is 11.4 Å². The van der Waals surface area contributed by atoms with E-state index in [1.165, 1.54) is 6.08 Å². The summed E-state index contributed by atoms with van der Waals surface area (Å²) in [6.45, 7) is 0. The fourth-order valence-electron chi connectivity index (χ4n) is 4.48. The summed E-state index contributed by atoms with van der Waals surface area (Å²) in [7, 11) is 0. The summed E-state index contributed by atoms with van der Waals surface area (Å²) in [4.78, 5) is 74.0. The van der Waals surface area contributed by atoms with Crippen LogP contribution in [0.1, 0.15) is 11.1 Å². The van der Waals surface area contributed by atoms with Gasteiger partial charge in [0.1, 0.15) is 11.8 Å². The average molecular weight is 372 g/mol. The van der Waals surface area contributed by atoms with Gasteiger partial charge in [0.05, 0.1) is 0 Å². The van der Waals surface area contributed by atoms with Crippen molar-refractivity contribution in [2.45, 2.75) is 6.42 Å². The van der Waals surface area contributed by atoms with Gasteiger partial charge in [-0.05, 0) is 34.8 Å². The third-order valence-electron chi connectivity index (χ3n) is 5.86. The van der Waals surface area contributed by atoms with Crippen molar-refractivity contribution < 1.29 is 28.8 Å². The number of benzene rings is 1. The van der Waals surface area contributed by atoms with Crippen LogP contribution >= 0.6 is 0 Å². The number of rotatable bonds is 0. The molecule has 1 aromatic carbocycles. The van der Waals surface area contributed by atoms with E-state index in [1.807, 2.05) is 30.3 Å². The van der Waals surface area contributed by atoms with Gasteiger partial charge in [-0.2, -0.15) is 0 Å². The molecule has 4 aliphatic rings. The molecule has 3 unspecified atom stereocenters. The molecule has 3 atom stereocenters. The molecule has 0 spiro atoms. The van der Waals surface area contributed by atoms with Crippen molar-refractivity contribution in [3.63, 3.8) is 0 Å². The van der Waals surface area contributed by atoms with Crippen LogP contribution in [0, 0.1) is 17.8 Å². The molecular weight excluding hydrogens is 360 g/mol. The van der Waals surface area contributed by atoms with Crippen molar-refractivity contribution in [3.8, 4) is 0 Å². The fourth-order valence-corrected chi connectivity index (χ4v) is 4.48. The minimum absolute atomic E-state index is 0.298. The Bertz CT molecular complexity index is 1160. The molecule has 1 saturated carbocycles. The molecule has 5 rings (SSSR count). The van der Waals surface area contributed by atoms with Crippen molar-refractivity contribution in [3.05, 3.63) is 64.3 Å². The lowest BCUT2D eigenvalue weighted by atomic mass is 9.62. The molecule has 0 aromatic heterocycles. The lowest BCUT2D eigenvalue weighted by Gasteiger charge is -2.36. The highest BCUT2D eigenvalue weighted by atomic mass is 16.2. The molecule has 0 heterocycles. The molecule has 6 nitrogen and oxygen atoms in total. The van der Waals surface area contributed by atoms with Crippen LogP contribution in [0.5, 0.6) is 0 Å². The zero-order valence-electron chi connectivity index (χ0n) is 14.4. The van der Waals surface area contributed by atoms with Gasteiger partial charge in [-0.15, -0.1) is 0 Å². The third-order valence-corrected chi connectivity index (χ3v) is 5.86. The van der Waals surface area contributed by atoms with Crippen molar-refractivity contribution in [1.29, 1.82) is 0 Å². The van der Waals surface area contributed by atoms with Crippen molar-refractivity contribution in [2.75, 3.05) is 0 Å². The average Bonchev–Trinajstić information content (AvgIpc) is 2.69. The van der Waals surface area contributed by atoms with Crippen LogP contribution in [0.2, 0.25) is 0 Å². The largest absolute Gasteiger partial charge is 0.298 e. The van der Waals surface area contributed by atoms with Crippen LogP contribution in [0.3, 0.4) is 0 Å².